The lowest BCUT2D eigenvalue weighted by molar-refractivity contribution is 0.0994. The average Bonchev–Trinajstić information content (AvgIpc) is 3.04. The van der Waals surface area contributed by atoms with Crippen molar-refractivity contribution in [1.29, 1.82) is 0 Å². The molecule has 4 heterocycles. The lowest BCUT2D eigenvalue weighted by Crippen LogP contribution is -2.21. The van der Waals surface area contributed by atoms with E-state index < -0.39 is 5.91 Å². The third-order valence-electron chi connectivity index (χ3n) is 6.27. The van der Waals surface area contributed by atoms with Crippen LogP contribution in [0.15, 0.2) is 54.7 Å². The average molecular weight is 441 g/mol. The molecule has 7 nitrogen and oxygen atoms in total. The molecule has 4 aromatic rings. The third-order valence-corrected chi connectivity index (χ3v) is 6.27. The molecule has 1 aliphatic rings. The SMILES string of the molecule is Cc1cn2c(C(N)=O)cccc2c1-c1nc2c(c(NCc3ccccc3)n1)N(C)CCCC2. The predicted molar refractivity (Wildman–Crippen MR) is 132 cm³/mol. The van der Waals surface area contributed by atoms with Gasteiger partial charge in [-0.15, -0.1) is 0 Å². The van der Waals surface area contributed by atoms with Gasteiger partial charge in [-0.3, -0.25) is 4.79 Å². The molecule has 0 radical (unpaired) electrons. The number of hydrogen-bond acceptors (Lipinski definition) is 5. The molecular formula is C26H28N6O. The van der Waals surface area contributed by atoms with Gasteiger partial charge in [0.15, 0.2) is 11.6 Å². The molecule has 1 aromatic carbocycles. The fourth-order valence-corrected chi connectivity index (χ4v) is 4.66. The van der Waals surface area contributed by atoms with Gasteiger partial charge in [0.1, 0.15) is 11.4 Å². The second-order valence-corrected chi connectivity index (χ2v) is 8.63. The molecule has 3 N–H and O–H groups in total. The van der Waals surface area contributed by atoms with Gasteiger partial charge in [0.25, 0.3) is 5.91 Å². The zero-order chi connectivity index (χ0) is 22.9. The Labute approximate surface area is 193 Å². The molecule has 0 saturated heterocycles. The third kappa shape index (κ3) is 3.91. The van der Waals surface area contributed by atoms with Gasteiger partial charge in [0.05, 0.1) is 11.2 Å². The molecule has 0 bridgehead atoms. The molecule has 0 aliphatic carbocycles. The number of hydrogen-bond donors (Lipinski definition) is 2. The Morgan fingerprint density at radius 1 is 1.09 bits per heavy atom. The van der Waals surface area contributed by atoms with Crippen LogP contribution >= 0.6 is 0 Å². The zero-order valence-corrected chi connectivity index (χ0v) is 19.0. The lowest BCUT2D eigenvalue weighted by Gasteiger charge is -2.23. The van der Waals surface area contributed by atoms with E-state index in [-0.39, 0.29) is 0 Å². The fraction of sp³-hybridized carbons (Fsp3) is 0.269. The molecule has 168 valence electrons. The van der Waals surface area contributed by atoms with Crippen LogP contribution in [0.1, 0.15) is 40.2 Å². The summed E-state index contributed by atoms with van der Waals surface area (Å²) in [5.41, 5.74) is 12.2. The van der Waals surface area contributed by atoms with Gasteiger partial charge in [-0.1, -0.05) is 36.4 Å². The largest absolute Gasteiger partial charge is 0.370 e. The van der Waals surface area contributed by atoms with Crippen molar-refractivity contribution < 1.29 is 4.79 Å². The quantitative estimate of drug-likeness (QED) is 0.486. The summed E-state index contributed by atoms with van der Waals surface area (Å²) in [4.78, 5) is 24.3. The Bertz CT molecular complexity index is 1330. The van der Waals surface area contributed by atoms with Gasteiger partial charge < -0.3 is 20.4 Å². The molecular weight excluding hydrogens is 412 g/mol. The smallest absolute Gasteiger partial charge is 0.265 e. The highest BCUT2D eigenvalue weighted by Crippen LogP contribution is 2.36. The Kier molecular flexibility index (Phi) is 5.46. The second-order valence-electron chi connectivity index (χ2n) is 8.63. The molecule has 3 aromatic heterocycles. The highest BCUT2D eigenvalue weighted by Gasteiger charge is 2.23. The number of nitrogens with zero attached hydrogens (tertiary/aromatic N) is 4. The Morgan fingerprint density at radius 3 is 2.70 bits per heavy atom. The van der Waals surface area contributed by atoms with E-state index in [1.54, 1.807) is 6.07 Å². The highest BCUT2D eigenvalue weighted by molar-refractivity contribution is 5.94. The summed E-state index contributed by atoms with van der Waals surface area (Å²) in [6, 6.07) is 15.9. The van der Waals surface area contributed by atoms with E-state index in [4.69, 9.17) is 15.7 Å². The van der Waals surface area contributed by atoms with Crippen LogP contribution in [0.5, 0.6) is 0 Å². The van der Waals surface area contributed by atoms with Crippen LogP contribution in [0.4, 0.5) is 11.5 Å². The molecule has 7 heteroatoms. The number of nitrogens with two attached hydrogens (primary N) is 1. The Hall–Kier alpha value is -3.87. The van der Waals surface area contributed by atoms with E-state index in [1.165, 1.54) is 5.56 Å². The minimum Gasteiger partial charge on any atom is -0.370 e. The van der Waals surface area contributed by atoms with Crippen LogP contribution in [0.3, 0.4) is 0 Å². The first-order chi connectivity index (χ1) is 16.0. The predicted octanol–water partition coefficient (Wildman–Crippen LogP) is 4.19. The van der Waals surface area contributed by atoms with Crippen LogP contribution in [-0.4, -0.2) is 33.9 Å². The molecule has 33 heavy (non-hydrogen) atoms. The number of benzene rings is 1. The molecule has 0 unspecified atom stereocenters. The van der Waals surface area contributed by atoms with Crippen molar-refractivity contribution >= 4 is 22.9 Å². The van der Waals surface area contributed by atoms with Gasteiger partial charge in [-0.2, -0.15) is 0 Å². The Balaban J connectivity index is 1.66. The van der Waals surface area contributed by atoms with Crippen LogP contribution < -0.4 is 16.0 Å². The molecule has 1 amide bonds. The minimum absolute atomic E-state index is 0.443. The molecule has 1 aliphatic heterocycles. The molecule has 0 spiro atoms. The summed E-state index contributed by atoms with van der Waals surface area (Å²) < 4.78 is 1.84. The number of amides is 1. The number of primary amides is 1. The van der Waals surface area contributed by atoms with Gasteiger partial charge in [-0.05, 0) is 49.4 Å². The first kappa shape index (κ1) is 21.0. The van der Waals surface area contributed by atoms with Crippen molar-refractivity contribution in [3.8, 4) is 11.4 Å². The van der Waals surface area contributed by atoms with Crippen LogP contribution in [0.25, 0.3) is 16.9 Å². The molecule has 0 saturated carbocycles. The monoisotopic (exact) mass is 440 g/mol. The summed E-state index contributed by atoms with van der Waals surface area (Å²) in [5.74, 6) is 1.05. The first-order valence-electron chi connectivity index (χ1n) is 11.3. The summed E-state index contributed by atoms with van der Waals surface area (Å²) in [7, 11) is 2.11. The Morgan fingerprint density at radius 2 is 1.91 bits per heavy atom. The van der Waals surface area contributed by atoms with E-state index >= 15 is 0 Å². The van der Waals surface area contributed by atoms with Crippen molar-refractivity contribution in [2.24, 2.45) is 5.73 Å². The van der Waals surface area contributed by atoms with Crippen molar-refractivity contribution in [2.75, 3.05) is 23.8 Å². The zero-order valence-electron chi connectivity index (χ0n) is 19.0. The number of nitrogens with one attached hydrogen (secondary N) is 1. The molecule has 0 fully saturated rings. The van der Waals surface area contributed by atoms with Crippen molar-refractivity contribution in [2.45, 2.75) is 32.7 Å². The van der Waals surface area contributed by atoms with Gasteiger partial charge in [0.2, 0.25) is 0 Å². The molecule has 0 atom stereocenters. The number of carbonyl (C=O) groups excluding carboxylic acids is 1. The van der Waals surface area contributed by atoms with E-state index in [2.05, 4.69) is 29.4 Å². The fourth-order valence-electron chi connectivity index (χ4n) is 4.66. The normalized spacial score (nSPS) is 13.6. The number of aryl methyl sites for hydroxylation is 2. The summed E-state index contributed by atoms with van der Waals surface area (Å²) in [6.07, 6.45) is 5.05. The first-order valence-corrected chi connectivity index (χ1v) is 11.3. The summed E-state index contributed by atoms with van der Waals surface area (Å²) in [6.45, 7) is 3.68. The maximum atomic E-state index is 12.0. The maximum absolute atomic E-state index is 12.0. The van der Waals surface area contributed by atoms with Crippen LogP contribution in [-0.2, 0) is 13.0 Å². The lowest BCUT2D eigenvalue weighted by atomic mass is 10.1. The van der Waals surface area contributed by atoms with Crippen molar-refractivity contribution in [1.82, 2.24) is 14.4 Å². The van der Waals surface area contributed by atoms with E-state index in [1.807, 2.05) is 47.9 Å². The minimum atomic E-state index is -0.461. The summed E-state index contributed by atoms with van der Waals surface area (Å²) >= 11 is 0. The van der Waals surface area contributed by atoms with Gasteiger partial charge in [-0.25, -0.2) is 9.97 Å². The summed E-state index contributed by atoms with van der Waals surface area (Å²) in [5, 5.41) is 3.57. The van der Waals surface area contributed by atoms with Gasteiger partial charge in [0, 0.05) is 31.9 Å². The van der Waals surface area contributed by atoms with E-state index in [0.29, 0.717) is 18.1 Å². The topological polar surface area (TPSA) is 88.5 Å². The van der Waals surface area contributed by atoms with Gasteiger partial charge >= 0.3 is 0 Å². The number of pyridine rings is 1. The number of anilines is 2. The van der Waals surface area contributed by atoms with Crippen LogP contribution in [0.2, 0.25) is 0 Å². The van der Waals surface area contributed by atoms with Crippen molar-refractivity contribution in [3.63, 3.8) is 0 Å². The molecule has 5 rings (SSSR count). The van der Waals surface area contributed by atoms with E-state index in [9.17, 15) is 4.79 Å². The number of carbonyl (C=O) groups is 1. The number of aromatic nitrogens is 3. The number of rotatable bonds is 5. The number of fused-ring (bicyclic) bond motifs is 2. The maximum Gasteiger partial charge on any atom is 0.265 e. The standard InChI is InChI=1S/C26H28N6O/c1-17-16-32-20(12-8-13-21(32)24(27)33)22(17)25-29-19-11-6-7-14-31(2)23(19)26(30-25)28-15-18-9-4-3-5-10-18/h3-5,8-10,12-13,16H,6-7,11,14-15H2,1-2H3,(H2,27,33)(H,28,29,30). The highest BCUT2D eigenvalue weighted by atomic mass is 16.1. The second kappa shape index (κ2) is 8.58. The van der Waals surface area contributed by atoms with E-state index in [0.717, 1.165) is 59.7 Å². The van der Waals surface area contributed by atoms with Crippen LogP contribution in [0, 0.1) is 6.92 Å². The van der Waals surface area contributed by atoms with Crippen molar-refractivity contribution in [3.05, 3.63) is 77.2 Å².